The normalized spacial score (nSPS) is 18.7. The molecule has 1 fully saturated rings. The number of benzene rings is 1. The average molecular weight is 276 g/mol. The van der Waals surface area contributed by atoms with Crippen molar-refractivity contribution in [1.82, 2.24) is 4.90 Å². The molecule has 1 saturated heterocycles. The highest BCUT2D eigenvalue weighted by molar-refractivity contribution is 6.06. The summed E-state index contributed by atoms with van der Waals surface area (Å²) in [4.78, 5) is 25.4. The first kappa shape index (κ1) is 14.5. The summed E-state index contributed by atoms with van der Waals surface area (Å²) in [6.07, 6.45) is 1.00. The number of methoxy groups -OCH3 is 1. The lowest BCUT2D eigenvalue weighted by atomic mass is 10.1. The summed E-state index contributed by atoms with van der Waals surface area (Å²) >= 11 is 0. The summed E-state index contributed by atoms with van der Waals surface area (Å²) in [6, 6.07) is 7.19. The van der Waals surface area contributed by atoms with Crippen LogP contribution >= 0.6 is 0 Å². The molecule has 108 valence electrons. The number of para-hydroxylation sites is 1. The minimum Gasteiger partial charge on any atom is -0.380 e. The second kappa shape index (κ2) is 6.52. The van der Waals surface area contributed by atoms with Crippen molar-refractivity contribution in [3.63, 3.8) is 0 Å². The first-order valence-corrected chi connectivity index (χ1v) is 6.85. The number of carbonyl (C=O) groups is 2. The van der Waals surface area contributed by atoms with E-state index in [9.17, 15) is 9.59 Å². The molecular formula is C15H20N2O3. The van der Waals surface area contributed by atoms with Gasteiger partial charge in [0.25, 0.3) is 5.91 Å². The van der Waals surface area contributed by atoms with Crippen LogP contribution in [0.2, 0.25) is 0 Å². The van der Waals surface area contributed by atoms with Crippen molar-refractivity contribution >= 4 is 17.5 Å². The Morgan fingerprint density at radius 2 is 2.10 bits per heavy atom. The van der Waals surface area contributed by atoms with Crippen LogP contribution in [0.5, 0.6) is 0 Å². The van der Waals surface area contributed by atoms with Gasteiger partial charge in [0.1, 0.15) is 6.04 Å². The number of hydrogen-bond acceptors (Lipinski definition) is 4. The molecule has 1 atom stereocenters. The van der Waals surface area contributed by atoms with Crippen molar-refractivity contribution in [2.45, 2.75) is 32.4 Å². The maximum Gasteiger partial charge on any atom is 0.252 e. The van der Waals surface area contributed by atoms with Crippen molar-refractivity contribution in [3.8, 4) is 0 Å². The lowest BCUT2D eigenvalue weighted by Gasteiger charge is -2.17. The maximum absolute atomic E-state index is 12.2. The molecule has 0 spiro atoms. The molecule has 1 aromatic rings. The van der Waals surface area contributed by atoms with Crippen LogP contribution in [-0.2, 0) is 20.9 Å². The molecule has 5 heteroatoms. The van der Waals surface area contributed by atoms with Crippen LogP contribution in [0.25, 0.3) is 0 Å². The van der Waals surface area contributed by atoms with Crippen molar-refractivity contribution in [1.29, 1.82) is 0 Å². The van der Waals surface area contributed by atoms with E-state index in [1.165, 1.54) is 4.90 Å². The number of nitrogens with zero attached hydrogens (tertiary/aromatic N) is 1. The summed E-state index contributed by atoms with van der Waals surface area (Å²) in [5.74, 6) is -0.234. The second-order valence-electron chi connectivity index (χ2n) is 4.87. The molecule has 1 aromatic carbocycles. The van der Waals surface area contributed by atoms with E-state index in [2.05, 4.69) is 5.32 Å². The van der Waals surface area contributed by atoms with E-state index >= 15 is 0 Å². The SMILES string of the molecule is CCCN1C(=O)CC(Nc2ccccc2COC)C1=O. The van der Waals surface area contributed by atoms with Gasteiger partial charge in [0.05, 0.1) is 13.0 Å². The van der Waals surface area contributed by atoms with Crippen LogP contribution in [0.3, 0.4) is 0 Å². The second-order valence-corrected chi connectivity index (χ2v) is 4.87. The van der Waals surface area contributed by atoms with Gasteiger partial charge in [-0.3, -0.25) is 14.5 Å². The predicted molar refractivity (Wildman–Crippen MR) is 76.2 cm³/mol. The lowest BCUT2D eigenvalue weighted by molar-refractivity contribution is -0.138. The zero-order valence-electron chi connectivity index (χ0n) is 11.9. The first-order valence-electron chi connectivity index (χ1n) is 6.85. The van der Waals surface area contributed by atoms with Gasteiger partial charge in [-0.25, -0.2) is 0 Å². The van der Waals surface area contributed by atoms with E-state index in [0.29, 0.717) is 13.2 Å². The van der Waals surface area contributed by atoms with Crippen LogP contribution in [0.4, 0.5) is 5.69 Å². The minimum atomic E-state index is -0.466. The van der Waals surface area contributed by atoms with E-state index in [1.54, 1.807) is 7.11 Å². The summed E-state index contributed by atoms with van der Waals surface area (Å²) in [5, 5.41) is 3.17. The zero-order valence-corrected chi connectivity index (χ0v) is 11.9. The number of hydrogen-bond donors (Lipinski definition) is 1. The molecular weight excluding hydrogens is 256 g/mol. The molecule has 1 N–H and O–H groups in total. The highest BCUT2D eigenvalue weighted by atomic mass is 16.5. The number of ether oxygens (including phenoxy) is 1. The third-order valence-electron chi connectivity index (χ3n) is 3.34. The summed E-state index contributed by atoms with van der Waals surface area (Å²) in [5.41, 5.74) is 1.82. The Labute approximate surface area is 118 Å². The number of nitrogens with one attached hydrogen (secondary N) is 1. The Kier molecular flexibility index (Phi) is 4.74. The monoisotopic (exact) mass is 276 g/mol. The van der Waals surface area contributed by atoms with Gasteiger partial charge in [0.15, 0.2) is 0 Å². The van der Waals surface area contributed by atoms with Crippen LogP contribution in [0.1, 0.15) is 25.3 Å². The molecule has 20 heavy (non-hydrogen) atoms. The molecule has 1 aliphatic rings. The average Bonchev–Trinajstić information content (AvgIpc) is 2.69. The summed E-state index contributed by atoms with van der Waals surface area (Å²) in [7, 11) is 1.63. The van der Waals surface area contributed by atoms with Gasteiger partial charge in [0, 0.05) is 24.9 Å². The number of amides is 2. The molecule has 2 rings (SSSR count). The van der Waals surface area contributed by atoms with E-state index in [-0.39, 0.29) is 18.2 Å². The van der Waals surface area contributed by atoms with Crippen LogP contribution in [0, 0.1) is 0 Å². The minimum absolute atomic E-state index is 0.0985. The number of likely N-dealkylation sites (tertiary alicyclic amines) is 1. The number of anilines is 1. The number of imide groups is 1. The van der Waals surface area contributed by atoms with E-state index < -0.39 is 6.04 Å². The van der Waals surface area contributed by atoms with Crippen LogP contribution in [0.15, 0.2) is 24.3 Å². The zero-order chi connectivity index (χ0) is 14.5. The Balaban J connectivity index is 2.11. The molecule has 1 unspecified atom stereocenters. The molecule has 0 radical (unpaired) electrons. The molecule has 0 saturated carbocycles. The molecule has 0 aromatic heterocycles. The standard InChI is InChI=1S/C15H20N2O3/c1-3-8-17-14(18)9-13(15(17)19)16-12-7-5-4-6-11(12)10-20-2/h4-7,13,16H,3,8-10H2,1-2H3. The molecule has 1 aliphatic heterocycles. The fraction of sp³-hybridized carbons (Fsp3) is 0.467. The third-order valence-corrected chi connectivity index (χ3v) is 3.34. The third kappa shape index (κ3) is 2.99. The van der Waals surface area contributed by atoms with Gasteiger partial charge >= 0.3 is 0 Å². The highest BCUT2D eigenvalue weighted by Gasteiger charge is 2.38. The largest absolute Gasteiger partial charge is 0.380 e. The van der Waals surface area contributed by atoms with Crippen molar-refractivity contribution < 1.29 is 14.3 Å². The summed E-state index contributed by atoms with van der Waals surface area (Å²) < 4.78 is 5.14. The first-order chi connectivity index (χ1) is 9.67. The highest BCUT2D eigenvalue weighted by Crippen LogP contribution is 2.22. The number of carbonyl (C=O) groups excluding carboxylic acids is 2. The molecule has 5 nitrogen and oxygen atoms in total. The van der Waals surface area contributed by atoms with Crippen molar-refractivity contribution in [2.75, 3.05) is 19.0 Å². The van der Waals surface area contributed by atoms with Crippen molar-refractivity contribution in [2.24, 2.45) is 0 Å². The van der Waals surface area contributed by atoms with E-state index in [1.807, 2.05) is 31.2 Å². The van der Waals surface area contributed by atoms with Crippen LogP contribution < -0.4 is 5.32 Å². The predicted octanol–water partition coefficient (Wildman–Crippen LogP) is 1.78. The Morgan fingerprint density at radius 3 is 2.80 bits per heavy atom. The Hall–Kier alpha value is -1.88. The summed E-state index contributed by atoms with van der Waals surface area (Å²) in [6.45, 7) is 2.92. The quantitative estimate of drug-likeness (QED) is 0.805. The Bertz CT molecular complexity index is 502. The fourth-order valence-electron chi connectivity index (χ4n) is 2.38. The molecule has 1 heterocycles. The van der Waals surface area contributed by atoms with Crippen LogP contribution in [-0.4, -0.2) is 36.4 Å². The van der Waals surface area contributed by atoms with Gasteiger partial charge in [-0.2, -0.15) is 0 Å². The fourth-order valence-corrected chi connectivity index (χ4v) is 2.38. The van der Waals surface area contributed by atoms with E-state index in [4.69, 9.17) is 4.74 Å². The Morgan fingerprint density at radius 1 is 1.35 bits per heavy atom. The molecule has 0 aliphatic carbocycles. The smallest absolute Gasteiger partial charge is 0.252 e. The maximum atomic E-state index is 12.2. The van der Waals surface area contributed by atoms with Gasteiger partial charge in [-0.05, 0) is 12.5 Å². The molecule has 2 amide bonds. The lowest BCUT2D eigenvalue weighted by Crippen LogP contribution is -2.35. The van der Waals surface area contributed by atoms with Crippen molar-refractivity contribution in [3.05, 3.63) is 29.8 Å². The molecule has 0 bridgehead atoms. The number of rotatable bonds is 6. The topological polar surface area (TPSA) is 58.6 Å². The van der Waals surface area contributed by atoms with E-state index in [0.717, 1.165) is 17.7 Å². The van der Waals surface area contributed by atoms with Gasteiger partial charge in [0.2, 0.25) is 5.91 Å². The van der Waals surface area contributed by atoms with Gasteiger partial charge in [-0.1, -0.05) is 25.1 Å². The van der Waals surface area contributed by atoms with Gasteiger partial charge < -0.3 is 10.1 Å². The van der Waals surface area contributed by atoms with Gasteiger partial charge in [-0.15, -0.1) is 0 Å².